The maximum absolute atomic E-state index is 11.4. The molecular weight excluding hydrogens is 258 g/mol. The van der Waals surface area contributed by atoms with Crippen LogP contribution < -0.4 is 5.32 Å². The van der Waals surface area contributed by atoms with Gasteiger partial charge in [-0.3, -0.25) is 4.79 Å². The standard InChI is InChI=1S/C13H29NO2Si2/c1-8-10-11-17(4,5)16-18(6,7)12(3)14-13(15)9-2/h9,12H,2,8,10-11H2,1,3-7H3,(H,14,15). The summed E-state index contributed by atoms with van der Waals surface area (Å²) >= 11 is 0. The molecule has 18 heavy (non-hydrogen) atoms. The SMILES string of the molecule is C=CC(=O)NC(C)[Si](C)(C)O[Si](C)(C)CCCC. The van der Waals surface area contributed by atoms with E-state index in [-0.39, 0.29) is 11.6 Å². The molecule has 1 N–H and O–H groups in total. The van der Waals surface area contributed by atoms with Gasteiger partial charge in [0.25, 0.3) is 0 Å². The van der Waals surface area contributed by atoms with E-state index in [0.29, 0.717) is 0 Å². The minimum absolute atomic E-state index is 0.108. The Morgan fingerprint density at radius 1 is 1.39 bits per heavy atom. The van der Waals surface area contributed by atoms with Gasteiger partial charge in [-0.15, -0.1) is 0 Å². The van der Waals surface area contributed by atoms with Crippen LogP contribution in [0.5, 0.6) is 0 Å². The van der Waals surface area contributed by atoms with Crippen LogP contribution >= 0.6 is 0 Å². The lowest BCUT2D eigenvalue weighted by molar-refractivity contribution is -0.116. The average Bonchev–Trinajstić information content (AvgIpc) is 2.24. The third-order valence-electron chi connectivity index (χ3n) is 3.26. The molecule has 106 valence electrons. The van der Waals surface area contributed by atoms with Gasteiger partial charge >= 0.3 is 0 Å². The minimum Gasteiger partial charge on any atom is -0.454 e. The third-order valence-corrected chi connectivity index (χ3v) is 11.4. The first kappa shape index (κ1) is 17.6. The molecule has 0 bridgehead atoms. The van der Waals surface area contributed by atoms with Crippen molar-refractivity contribution in [2.75, 3.05) is 0 Å². The Balaban J connectivity index is 4.52. The van der Waals surface area contributed by atoms with Crippen LogP contribution in [-0.2, 0) is 8.91 Å². The van der Waals surface area contributed by atoms with E-state index in [4.69, 9.17) is 4.12 Å². The molecule has 0 fully saturated rings. The summed E-state index contributed by atoms with van der Waals surface area (Å²) in [4.78, 5) is 11.4. The number of nitrogens with one attached hydrogen (secondary N) is 1. The van der Waals surface area contributed by atoms with Crippen LogP contribution in [0.15, 0.2) is 12.7 Å². The number of hydrogen-bond acceptors (Lipinski definition) is 2. The van der Waals surface area contributed by atoms with Crippen LogP contribution in [0, 0.1) is 0 Å². The highest BCUT2D eigenvalue weighted by Gasteiger charge is 2.37. The van der Waals surface area contributed by atoms with Gasteiger partial charge in [0, 0.05) is 5.67 Å². The van der Waals surface area contributed by atoms with E-state index in [1.54, 1.807) is 0 Å². The molecule has 0 aliphatic heterocycles. The molecule has 0 spiro atoms. The molecule has 3 nitrogen and oxygen atoms in total. The second-order valence-corrected chi connectivity index (χ2v) is 14.9. The van der Waals surface area contributed by atoms with Crippen LogP contribution in [0.4, 0.5) is 0 Å². The van der Waals surface area contributed by atoms with E-state index in [0.717, 1.165) is 0 Å². The molecule has 0 saturated heterocycles. The number of carbonyl (C=O) groups excluding carboxylic acids is 1. The van der Waals surface area contributed by atoms with Crippen LogP contribution in [-0.4, -0.2) is 28.2 Å². The van der Waals surface area contributed by atoms with Crippen molar-refractivity contribution in [3.8, 4) is 0 Å². The average molecular weight is 288 g/mol. The van der Waals surface area contributed by atoms with Crippen molar-refractivity contribution in [2.24, 2.45) is 0 Å². The predicted octanol–water partition coefficient (Wildman–Crippen LogP) is 3.44. The zero-order chi connectivity index (χ0) is 14.4. The lowest BCUT2D eigenvalue weighted by atomic mass is 10.4. The Kier molecular flexibility index (Phi) is 7.10. The molecule has 0 aliphatic carbocycles. The maximum Gasteiger partial charge on any atom is 0.243 e. The predicted molar refractivity (Wildman–Crippen MR) is 83.6 cm³/mol. The molecule has 1 amide bonds. The van der Waals surface area contributed by atoms with E-state index in [9.17, 15) is 4.79 Å². The summed E-state index contributed by atoms with van der Waals surface area (Å²) in [5.74, 6) is -0.111. The number of unbranched alkanes of at least 4 members (excludes halogenated alkanes) is 1. The quantitative estimate of drug-likeness (QED) is 0.548. The Hall–Kier alpha value is -0.396. The summed E-state index contributed by atoms with van der Waals surface area (Å²) in [5, 5.41) is 2.95. The number of carbonyl (C=O) groups is 1. The summed E-state index contributed by atoms with van der Waals surface area (Å²) in [6, 6.07) is 1.20. The summed E-state index contributed by atoms with van der Waals surface area (Å²) in [6.07, 6.45) is 3.77. The van der Waals surface area contributed by atoms with E-state index in [1.807, 2.05) is 6.92 Å². The van der Waals surface area contributed by atoms with Gasteiger partial charge in [-0.05, 0) is 45.2 Å². The highest BCUT2D eigenvalue weighted by molar-refractivity contribution is 6.85. The van der Waals surface area contributed by atoms with Gasteiger partial charge in [-0.1, -0.05) is 26.3 Å². The Morgan fingerprint density at radius 3 is 2.39 bits per heavy atom. The third kappa shape index (κ3) is 6.51. The number of amides is 1. The van der Waals surface area contributed by atoms with E-state index >= 15 is 0 Å². The normalized spacial score (nSPS) is 14.1. The largest absolute Gasteiger partial charge is 0.454 e. The second kappa shape index (κ2) is 7.26. The van der Waals surface area contributed by atoms with Crippen LogP contribution in [0.2, 0.25) is 32.2 Å². The summed E-state index contributed by atoms with van der Waals surface area (Å²) in [6.45, 7) is 16.6. The van der Waals surface area contributed by atoms with Crippen LogP contribution in [0.3, 0.4) is 0 Å². The molecule has 0 rings (SSSR count). The van der Waals surface area contributed by atoms with Gasteiger partial charge in [-0.2, -0.15) is 0 Å². The molecule has 0 aromatic heterocycles. The second-order valence-electron chi connectivity index (χ2n) is 6.00. The fourth-order valence-electron chi connectivity index (χ4n) is 1.90. The lowest BCUT2D eigenvalue weighted by Crippen LogP contribution is -2.57. The fraction of sp³-hybridized carbons (Fsp3) is 0.769. The molecule has 5 heteroatoms. The molecule has 1 unspecified atom stereocenters. The first-order chi connectivity index (χ1) is 8.14. The van der Waals surface area contributed by atoms with Gasteiger partial charge in [0.15, 0.2) is 16.6 Å². The van der Waals surface area contributed by atoms with Crippen LogP contribution in [0.25, 0.3) is 0 Å². The number of rotatable bonds is 8. The lowest BCUT2D eigenvalue weighted by Gasteiger charge is -2.38. The summed E-state index contributed by atoms with van der Waals surface area (Å²) < 4.78 is 6.46. The van der Waals surface area contributed by atoms with Crippen molar-refractivity contribution in [2.45, 2.75) is 64.6 Å². The summed E-state index contributed by atoms with van der Waals surface area (Å²) in [7, 11) is -3.49. The molecule has 1 atom stereocenters. The number of hydrogen-bond donors (Lipinski definition) is 1. The topological polar surface area (TPSA) is 38.3 Å². The first-order valence-electron chi connectivity index (χ1n) is 6.77. The van der Waals surface area contributed by atoms with Gasteiger partial charge < -0.3 is 9.43 Å². The minimum atomic E-state index is -1.89. The van der Waals surface area contributed by atoms with Gasteiger partial charge in [0.05, 0.1) is 0 Å². The zero-order valence-corrected chi connectivity index (χ0v) is 14.8. The monoisotopic (exact) mass is 287 g/mol. The van der Waals surface area contributed by atoms with Crippen molar-refractivity contribution in [1.29, 1.82) is 0 Å². The molecule has 0 heterocycles. The molecule has 0 aliphatic rings. The van der Waals surface area contributed by atoms with Crippen molar-refractivity contribution in [3.63, 3.8) is 0 Å². The highest BCUT2D eigenvalue weighted by Crippen LogP contribution is 2.22. The molecule has 0 aromatic rings. The first-order valence-corrected chi connectivity index (χ1v) is 12.9. The highest BCUT2D eigenvalue weighted by atomic mass is 28.4. The van der Waals surface area contributed by atoms with Crippen LogP contribution in [0.1, 0.15) is 26.7 Å². The molecule has 0 saturated carbocycles. The van der Waals surface area contributed by atoms with E-state index in [1.165, 1.54) is 25.0 Å². The molecular formula is C13H29NO2Si2. The van der Waals surface area contributed by atoms with E-state index < -0.39 is 16.6 Å². The van der Waals surface area contributed by atoms with Gasteiger partial charge in [0.2, 0.25) is 5.91 Å². The Morgan fingerprint density at radius 2 is 1.94 bits per heavy atom. The Labute approximate surface area is 114 Å². The maximum atomic E-state index is 11.4. The van der Waals surface area contributed by atoms with Crippen molar-refractivity contribution in [1.82, 2.24) is 5.32 Å². The van der Waals surface area contributed by atoms with Crippen molar-refractivity contribution in [3.05, 3.63) is 12.7 Å². The molecule has 0 radical (unpaired) electrons. The fourth-order valence-corrected chi connectivity index (χ4v) is 10.4. The summed E-state index contributed by atoms with van der Waals surface area (Å²) in [5.41, 5.74) is 0.108. The van der Waals surface area contributed by atoms with Gasteiger partial charge in [-0.25, -0.2) is 0 Å². The van der Waals surface area contributed by atoms with E-state index in [2.05, 4.69) is 45.0 Å². The zero-order valence-electron chi connectivity index (χ0n) is 12.8. The van der Waals surface area contributed by atoms with Gasteiger partial charge in [0.1, 0.15) is 0 Å². The smallest absolute Gasteiger partial charge is 0.243 e. The van der Waals surface area contributed by atoms with Crippen molar-refractivity contribution >= 4 is 22.5 Å². The molecule has 0 aromatic carbocycles. The Bertz CT molecular complexity index is 291. The van der Waals surface area contributed by atoms with Crippen molar-refractivity contribution < 1.29 is 8.91 Å².